The van der Waals surface area contributed by atoms with E-state index >= 15 is 0 Å². The van der Waals surface area contributed by atoms with Crippen molar-refractivity contribution < 1.29 is 0 Å². The highest BCUT2D eigenvalue weighted by molar-refractivity contribution is 7.33. The van der Waals surface area contributed by atoms with E-state index in [-0.39, 0.29) is 0 Å². The van der Waals surface area contributed by atoms with Crippen LogP contribution in [0.25, 0.3) is 90.2 Å². The fraction of sp³-hybridized carbons (Fsp3) is 0. The zero-order valence-corrected chi connectivity index (χ0v) is 25.6. The van der Waals surface area contributed by atoms with Gasteiger partial charge in [0.25, 0.3) is 0 Å². The molecule has 4 aromatic heterocycles. The Labute approximate surface area is 266 Å². The van der Waals surface area contributed by atoms with E-state index in [2.05, 4.69) is 137 Å². The summed E-state index contributed by atoms with van der Waals surface area (Å²) < 4.78 is 7.53. The smallest absolute Gasteiger partial charge is 0.116 e. The second-order valence-corrected chi connectivity index (χ2v) is 13.5. The molecule has 0 unspecified atom stereocenters. The zero-order chi connectivity index (χ0) is 29.5. The van der Waals surface area contributed by atoms with Crippen LogP contribution < -0.4 is 0 Å². The van der Waals surface area contributed by atoms with Crippen LogP contribution in [0, 0.1) is 0 Å². The first kappa shape index (κ1) is 25.0. The predicted octanol–water partition coefficient (Wildman–Crippen LogP) is 11.6. The van der Waals surface area contributed by atoms with Crippen molar-refractivity contribution in [1.29, 1.82) is 0 Å². The minimum absolute atomic E-state index is 1.03. The molecular weight excluding hydrogens is 587 g/mol. The van der Waals surface area contributed by atoms with Crippen LogP contribution in [-0.2, 0) is 0 Å². The number of fused-ring (bicyclic) bond motifs is 12. The molecular formula is C40H23N3S2. The molecule has 45 heavy (non-hydrogen) atoms. The van der Waals surface area contributed by atoms with E-state index in [4.69, 9.17) is 4.98 Å². The Balaban J connectivity index is 1.46. The Kier molecular flexibility index (Phi) is 5.32. The van der Waals surface area contributed by atoms with Crippen molar-refractivity contribution in [2.24, 2.45) is 0 Å². The van der Waals surface area contributed by atoms with Gasteiger partial charge in [0.05, 0.1) is 30.6 Å². The molecule has 210 valence electrons. The summed E-state index contributed by atoms with van der Waals surface area (Å²) in [5.74, 6) is 0. The average Bonchev–Trinajstić information content (AvgIpc) is 3.79. The molecule has 0 aliphatic rings. The number of thiophene rings is 2. The predicted molar refractivity (Wildman–Crippen MR) is 193 cm³/mol. The molecule has 0 spiro atoms. The lowest BCUT2D eigenvalue weighted by molar-refractivity contribution is 1.19. The fourth-order valence-electron chi connectivity index (χ4n) is 7.01. The summed E-state index contributed by atoms with van der Waals surface area (Å²) in [6.45, 7) is 0. The Morgan fingerprint density at radius 2 is 1.13 bits per heavy atom. The third kappa shape index (κ3) is 3.62. The summed E-state index contributed by atoms with van der Waals surface area (Å²) in [7, 11) is 0. The van der Waals surface area contributed by atoms with Gasteiger partial charge in [-0.1, -0.05) is 97.1 Å². The third-order valence-electron chi connectivity index (χ3n) is 8.91. The highest BCUT2D eigenvalue weighted by Gasteiger charge is 2.25. The highest BCUT2D eigenvalue weighted by atomic mass is 32.1. The fourth-order valence-corrected chi connectivity index (χ4v) is 9.49. The summed E-state index contributed by atoms with van der Waals surface area (Å²) >= 11 is 3.69. The Morgan fingerprint density at radius 3 is 1.89 bits per heavy atom. The molecule has 0 saturated heterocycles. The quantitative estimate of drug-likeness (QED) is 0.199. The van der Waals surface area contributed by atoms with Crippen LogP contribution in [0.15, 0.2) is 140 Å². The summed E-state index contributed by atoms with van der Waals surface area (Å²) in [5.41, 5.74) is 9.38. The van der Waals surface area contributed by atoms with Gasteiger partial charge in [-0.15, -0.1) is 22.7 Å². The van der Waals surface area contributed by atoms with Crippen molar-refractivity contribution in [3.05, 3.63) is 140 Å². The molecule has 0 N–H and O–H groups in total. The van der Waals surface area contributed by atoms with Gasteiger partial charge in [0.15, 0.2) is 0 Å². The van der Waals surface area contributed by atoms with Crippen LogP contribution >= 0.6 is 22.7 Å². The van der Waals surface area contributed by atoms with Crippen molar-refractivity contribution in [1.82, 2.24) is 14.5 Å². The van der Waals surface area contributed by atoms with Crippen molar-refractivity contribution >= 4 is 85.0 Å². The Hall–Kier alpha value is -5.36. The van der Waals surface area contributed by atoms with Crippen molar-refractivity contribution in [2.75, 3.05) is 0 Å². The van der Waals surface area contributed by atoms with Gasteiger partial charge < -0.3 is 4.57 Å². The van der Waals surface area contributed by atoms with E-state index in [1.165, 1.54) is 74.3 Å². The van der Waals surface area contributed by atoms with Gasteiger partial charge in [0, 0.05) is 43.5 Å². The molecule has 5 heteroatoms. The molecule has 10 rings (SSSR count). The van der Waals surface area contributed by atoms with E-state index in [1.807, 2.05) is 28.9 Å². The topological polar surface area (TPSA) is 30.7 Å². The van der Waals surface area contributed by atoms with Crippen molar-refractivity contribution in [3.63, 3.8) is 0 Å². The summed E-state index contributed by atoms with van der Waals surface area (Å²) in [5, 5.41) is 6.32. The van der Waals surface area contributed by atoms with Crippen LogP contribution in [0.3, 0.4) is 0 Å². The van der Waals surface area contributed by atoms with E-state index in [0.29, 0.717) is 0 Å². The van der Waals surface area contributed by atoms with Gasteiger partial charge in [-0.05, 0) is 52.6 Å². The zero-order valence-electron chi connectivity index (χ0n) is 23.9. The largest absolute Gasteiger partial charge is 0.308 e. The number of benzene rings is 6. The third-order valence-corrected chi connectivity index (χ3v) is 11.4. The van der Waals surface area contributed by atoms with Crippen LogP contribution in [0.1, 0.15) is 0 Å². The first-order valence-corrected chi connectivity index (χ1v) is 16.6. The lowest BCUT2D eigenvalue weighted by Crippen LogP contribution is -1.96. The van der Waals surface area contributed by atoms with Gasteiger partial charge >= 0.3 is 0 Å². The van der Waals surface area contributed by atoms with E-state index in [0.717, 1.165) is 15.9 Å². The maximum atomic E-state index is 4.87. The van der Waals surface area contributed by atoms with E-state index in [9.17, 15) is 0 Å². The van der Waals surface area contributed by atoms with Gasteiger partial charge in [-0.3, -0.25) is 0 Å². The van der Waals surface area contributed by atoms with E-state index < -0.39 is 0 Å². The second kappa shape index (κ2) is 9.57. The first-order chi connectivity index (χ1) is 22.3. The number of aromatic nitrogens is 3. The first-order valence-electron chi connectivity index (χ1n) is 15.0. The standard InChI is InChI=1S/C40H23N3S2/c1-3-11-24(12-4-1)26-19-27(25-13-5-2-6-14-25)21-28(20-26)43-31-17-9-7-15-29(31)34-36-37-33(22-41-23-42-37)45-40(36)39-35(38(34)43)30-16-8-10-18-32(30)44-39/h1-23H. The number of para-hydroxylation sites is 1. The van der Waals surface area contributed by atoms with Gasteiger partial charge in [-0.25, -0.2) is 9.97 Å². The molecule has 0 atom stereocenters. The normalized spacial score (nSPS) is 12.0. The Morgan fingerprint density at radius 1 is 0.511 bits per heavy atom. The molecule has 4 heterocycles. The molecule has 0 aliphatic carbocycles. The SMILES string of the molecule is c1ccc(-c2cc(-c3ccccc3)cc(-n3c4ccccc4c4c5c6ncncc6sc5c5sc6ccccc6c5c43)c2)cc1. The monoisotopic (exact) mass is 609 g/mol. The van der Waals surface area contributed by atoms with Crippen LogP contribution in [-0.4, -0.2) is 14.5 Å². The lowest BCUT2D eigenvalue weighted by atomic mass is 9.98. The maximum absolute atomic E-state index is 4.87. The average molecular weight is 610 g/mol. The minimum Gasteiger partial charge on any atom is -0.308 e. The van der Waals surface area contributed by atoms with Crippen molar-refractivity contribution in [3.8, 4) is 27.9 Å². The minimum atomic E-state index is 1.03. The van der Waals surface area contributed by atoms with E-state index in [1.54, 1.807) is 6.33 Å². The number of nitrogens with zero attached hydrogens (tertiary/aromatic N) is 3. The van der Waals surface area contributed by atoms with Crippen LogP contribution in [0.2, 0.25) is 0 Å². The van der Waals surface area contributed by atoms with Gasteiger partial charge in [0.1, 0.15) is 6.33 Å². The second-order valence-electron chi connectivity index (χ2n) is 11.4. The molecule has 0 amide bonds. The van der Waals surface area contributed by atoms with Crippen molar-refractivity contribution in [2.45, 2.75) is 0 Å². The summed E-state index contributed by atoms with van der Waals surface area (Å²) in [6, 6.07) is 46.2. The lowest BCUT2D eigenvalue weighted by Gasteiger charge is -2.15. The number of rotatable bonds is 3. The molecule has 0 bridgehead atoms. The molecule has 3 nitrogen and oxygen atoms in total. The molecule has 0 aliphatic heterocycles. The maximum Gasteiger partial charge on any atom is 0.116 e. The highest BCUT2D eigenvalue weighted by Crippen LogP contribution is 2.51. The Bertz CT molecular complexity index is 2700. The molecule has 0 radical (unpaired) electrons. The molecule has 0 fully saturated rings. The number of hydrogen-bond donors (Lipinski definition) is 0. The summed E-state index contributed by atoms with van der Waals surface area (Å²) in [4.78, 5) is 9.27. The number of hydrogen-bond acceptors (Lipinski definition) is 4. The van der Waals surface area contributed by atoms with Crippen LogP contribution in [0.4, 0.5) is 0 Å². The van der Waals surface area contributed by atoms with Crippen LogP contribution in [0.5, 0.6) is 0 Å². The van der Waals surface area contributed by atoms with Gasteiger partial charge in [-0.2, -0.15) is 0 Å². The molecule has 0 saturated carbocycles. The summed E-state index contributed by atoms with van der Waals surface area (Å²) in [6.07, 6.45) is 3.65. The van der Waals surface area contributed by atoms with Gasteiger partial charge in [0.2, 0.25) is 0 Å². The molecule has 10 aromatic rings. The molecule has 6 aromatic carbocycles.